The van der Waals surface area contributed by atoms with Crippen molar-refractivity contribution in [3.8, 4) is 5.69 Å². The van der Waals surface area contributed by atoms with Crippen molar-refractivity contribution in [2.75, 3.05) is 0 Å². The lowest BCUT2D eigenvalue weighted by molar-refractivity contribution is 0.0943. The zero-order valence-electron chi connectivity index (χ0n) is 13.0. The fraction of sp³-hybridized carbons (Fsp3) is 0.412. The van der Waals surface area contributed by atoms with Gasteiger partial charge in [-0.05, 0) is 36.6 Å². The molecule has 0 radical (unpaired) electrons. The third-order valence-electron chi connectivity index (χ3n) is 4.18. The molecule has 6 nitrogen and oxygen atoms in total. The molecule has 23 heavy (non-hydrogen) atoms. The minimum Gasteiger partial charge on any atom is -0.391 e. The number of amides is 2. The number of urea groups is 1. The van der Waals surface area contributed by atoms with Gasteiger partial charge in [0.25, 0.3) is 0 Å². The molecule has 1 aromatic heterocycles. The number of aliphatic hydroxyl groups excluding tert-OH is 1. The second-order valence-corrected chi connectivity index (χ2v) is 5.91. The van der Waals surface area contributed by atoms with E-state index < -0.39 is 6.10 Å². The molecule has 1 aliphatic carbocycles. The first kappa shape index (κ1) is 15.6. The number of hydrogen-bond acceptors (Lipinski definition) is 3. The van der Waals surface area contributed by atoms with Gasteiger partial charge in [-0.25, -0.2) is 9.48 Å². The molecule has 1 heterocycles. The van der Waals surface area contributed by atoms with Gasteiger partial charge in [-0.2, -0.15) is 5.10 Å². The van der Waals surface area contributed by atoms with Crippen LogP contribution >= 0.6 is 0 Å². The lowest BCUT2D eigenvalue weighted by Gasteiger charge is -2.28. The average Bonchev–Trinajstić information content (AvgIpc) is 3.10. The monoisotopic (exact) mass is 314 g/mol. The summed E-state index contributed by atoms with van der Waals surface area (Å²) in [5.74, 6) is 0. The maximum atomic E-state index is 12.0. The second-order valence-electron chi connectivity index (χ2n) is 5.91. The Morgan fingerprint density at radius 3 is 2.96 bits per heavy atom. The first-order valence-electron chi connectivity index (χ1n) is 8.04. The van der Waals surface area contributed by atoms with Crippen LogP contribution in [0.1, 0.15) is 31.2 Å². The van der Waals surface area contributed by atoms with E-state index in [0.717, 1.165) is 36.9 Å². The number of benzene rings is 1. The van der Waals surface area contributed by atoms with Gasteiger partial charge in [0.15, 0.2) is 0 Å². The highest BCUT2D eigenvalue weighted by molar-refractivity contribution is 5.74. The Bertz CT molecular complexity index is 642. The zero-order valence-corrected chi connectivity index (χ0v) is 13.0. The van der Waals surface area contributed by atoms with Crippen LogP contribution < -0.4 is 10.6 Å². The van der Waals surface area contributed by atoms with Gasteiger partial charge < -0.3 is 15.7 Å². The van der Waals surface area contributed by atoms with Crippen LogP contribution in [0.5, 0.6) is 0 Å². The number of rotatable bonds is 4. The molecule has 6 heteroatoms. The van der Waals surface area contributed by atoms with E-state index in [-0.39, 0.29) is 12.1 Å². The maximum Gasteiger partial charge on any atom is 0.315 e. The molecule has 0 spiro atoms. The SMILES string of the molecule is O=C(NCc1cccc(-n2cccn2)c1)NC1CCCCC1O. The number of carbonyl (C=O) groups excluding carboxylic acids is 1. The largest absolute Gasteiger partial charge is 0.391 e. The summed E-state index contributed by atoms with van der Waals surface area (Å²) in [5.41, 5.74) is 1.95. The van der Waals surface area contributed by atoms with Crippen LogP contribution in [0.4, 0.5) is 4.79 Å². The fourth-order valence-electron chi connectivity index (χ4n) is 2.91. The Balaban J connectivity index is 1.54. The van der Waals surface area contributed by atoms with E-state index in [0.29, 0.717) is 6.54 Å². The standard InChI is InChI=1S/C17H22N4O2/c22-16-8-2-1-7-15(16)20-17(23)18-12-13-5-3-6-14(11-13)21-10-4-9-19-21/h3-6,9-11,15-16,22H,1-2,7-8,12H2,(H2,18,20,23). The van der Waals surface area contributed by atoms with E-state index in [1.54, 1.807) is 10.9 Å². The number of nitrogens with one attached hydrogen (secondary N) is 2. The predicted molar refractivity (Wildman–Crippen MR) is 87.2 cm³/mol. The lowest BCUT2D eigenvalue weighted by Crippen LogP contribution is -2.48. The Hall–Kier alpha value is -2.34. The van der Waals surface area contributed by atoms with Gasteiger partial charge in [0.2, 0.25) is 0 Å². The summed E-state index contributed by atoms with van der Waals surface area (Å²) in [6, 6.07) is 9.35. The average molecular weight is 314 g/mol. The highest BCUT2D eigenvalue weighted by atomic mass is 16.3. The Kier molecular flexibility index (Phi) is 4.92. The summed E-state index contributed by atoms with van der Waals surface area (Å²) in [5, 5.41) is 19.8. The molecule has 2 unspecified atom stereocenters. The Morgan fingerprint density at radius 2 is 2.17 bits per heavy atom. The van der Waals surface area contributed by atoms with E-state index in [1.165, 1.54) is 0 Å². The summed E-state index contributed by atoms with van der Waals surface area (Å²) < 4.78 is 1.78. The Morgan fingerprint density at radius 1 is 1.30 bits per heavy atom. The van der Waals surface area contributed by atoms with E-state index in [2.05, 4.69) is 15.7 Å². The van der Waals surface area contributed by atoms with Crippen LogP contribution in [-0.2, 0) is 6.54 Å². The molecule has 1 fully saturated rings. The molecule has 3 N–H and O–H groups in total. The normalized spacial score (nSPS) is 20.9. The molecule has 0 saturated heterocycles. The van der Waals surface area contributed by atoms with Gasteiger partial charge in [0.1, 0.15) is 0 Å². The van der Waals surface area contributed by atoms with Gasteiger partial charge >= 0.3 is 6.03 Å². The van der Waals surface area contributed by atoms with Gasteiger partial charge in [-0.3, -0.25) is 0 Å². The van der Waals surface area contributed by atoms with Crippen LogP contribution in [0.3, 0.4) is 0 Å². The van der Waals surface area contributed by atoms with Crippen molar-refractivity contribution in [3.05, 3.63) is 48.3 Å². The fourth-order valence-corrected chi connectivity index (χ4v) is 2.91. The number of hydrogen-bond donors (Lipinski definition) is 3. The summed E-state index contributed by atoms with van der Waals surface area (Å²) >= 11 is 0. The minimum absolute atomic E-state index is 0.140. The molecule has 1 saturated carbocycles. The van der Waals surface area contributed by atoms with Crippen molar-refractivity contribution in [1.29, 1.82) is 0 Å². The summed E-state index contributed by atoms with van der Waals surface area (Å²) in [6.45, 7) is 0.434. The first-order chi connectivity index (χ1) is 11.2. The lowest BCUT2D eigenvalue weighted by atomic mass is 9.93. The van der Waals surface area contributed by atoms with Crippen LogP contribution in [0.2, 0.25) is 0 Å². The smallest absolute Gasteiger partial charge is 0.315 e. The highest BCUT2D eigenvalue weighted by Gasteiger charge is 2.24. The van der Waals surface area contributed by atoms with E-state index in [1.807, 2.05) is 36.5 Å². The molecule has 122 valence electrons. The van der Waals surface area contributed by atoms with E-state index in [9.17, 15) is 9.90 Å². The van der Waals surface area contributed by atoms with Crippen molar-refractivity contribution in [1.82, 2.24) is 20.4 Å². The summed E-state index contributed by atoms with van der Waals surface area (Å²) in [4.78, 5) is 12.0. The van der Waals surface area contributed by atoms with Crippen molar-refractivity contribution in [2.45, 2.75) is 44.4 Å². The second kappa shape index (κ2) is 7.28. The molecule has 2 aromatic rings. The first-order valence-corrected chi connectivity index (χ1v) is 8.04. The van der Waals surface area contributed by atoms with Gasteiger partial charge in [-0.15, -0.1) is 0 Å². The molecular weight excluding hydrogens is 292 g/mol. The summed E-state index contributed by atoms with van der Waals surface area (Å²) in [6.07, 6.45) is 6.85. The topological polar surface area (TPSA) is 79.2 Å². The van der Waals surface area contributed by atoms with Crippen molar-refractivity contribution in [3.63, 3.8) is 0 Å². The molecule has 0 aliphatic heterocycles. The van der Waals surface area contributed by atoms with Gasteiger partial charge in [-0.1, -0.05) is 25.0 Å². The summed E-state index contributed by atoms with van der Waals surface area (Å²) in [7, 11) is 0. The molecular formula is C17H22N4O2. The quantitative estimate of drug-likeness (QED) is 0.807. The van der Waals surface area contributed by atoms with Crippen molar-refractivity contribution >= 4 is 6.03 Å². The van der Waals surface area contributed by atoms with E-state index in [4.69, 9.17) is 0 Å². The number of nitrogens with zero attached hydrogens (tertiary/aromatic N) is 2. The number of carbonyl (C=O) groups is 1. The maximum absolute atomic E-state index is 12.0. The predicted octanol–water partition coefficient (Wildman–Crippen LogP) is 1.98. The van der Waals surface area contributed by atoms with Gasteiger partial charge in [0, 0.05) is 18.9 Å². The molecule has 2 atom stereocenters. The third-order valence-corrected chi connectivity index (χ3v) is 4.18. The number of aromatic nitrogens is 2. The van der Waals surface area contributed by atoms with Crippen LogP contribution in [0, 0.1) is 0 Å². The van der Waals surface area contributed by atoms with Gasteiger partial charge in [0.05, 0.1) is 17.8 Å². The molecule has 0 bridgehead atoms. The van der Waals surface area contributed by atoms with Crippen LogP contribution in [0.25, 0.3) is 5.69 Å². The third kappa shape index (κ3) is 4.10. The Labute approximate surface area is 135 Å². The number of aliphatic hydroxyl groups is 1. The minimum atomic E-state index is -0.433. The molecule has 3 rings (SSSR count). The van der Waals surface area contributed by atoms with E-state index >= 15 is 0 Å². The van der Waals surface area contributed by atoms with Crippen LogP contribution in [0.15, 0.2) is 42.7 Å². The highest BCUT2D eigenvalue weighted by Crippen LogP contribution is 2.18. The zero-order chi connectivity index (χ0) is 16.1. The van der Waals surface area contributed by atoms with Crippen molar-refractivity contribution in [2.24, 2.45) is 0 Å². The molecule has 1 aromatic carbocycles. The molecule has 1 aliphatic rings. The molecule has 2 amide bonds. The van der Waals surface area contributed by atoms with Crippen molar-refractivity contribution < 1.29 is 9.90 Å². The van der Waals surface area contributed by atoms with Crippen LogP contribution in [-0.4, -0.2) is 33.1 Å².